The van der Waals surface area contributed by atoms with E-state index < -0.39 is 0 Å². The molecule has 9 nitrogen and oxygen atoms in total. The zero-order chi connectivity index (χ0) is 17.1. The lowest BCUT2D eigenvalue weighted by atomic mass is 10.2. The van der Waals surface area contributed by atoms with E-state index in [-0.39, 0.29) is 13.0 Å². The van der Waals surface area contributed by atoms with E-state index in [0.717, 1.165) is 25.0 Å². The molecule has 25 heavy (non-hydrogen) atoms. The summed E-state index contributed by atoms with van der Waals surface area (Å²) in [6.45, 7) is 0.977. The summed E-state index contributed by atoms with van der Waals surface area (Å²) >= 11 is 0. The van der Waals surface area contributed by atoms with Crippen LogP contribution in [0.5, 0.6) is 0 Å². The van der Waals surface area contributed by atoms with Crippen molar-refractivity contribution in [3.63, 3.8) is 0 Å². The summed E-state index contributed by atoms with van der Waals surface area (Å²) in [5.74, 6) is 1.93. The second-order valence-electron chi connectivity index (χ2n) is 5.79. The number of nitrogens with one attached hydrogen (secondary N) is 2. The van der Waals surface area contributed by atoms with Gasteiger partial charge in [-0.05, 0) is 31.4 Å². The van der Waals surface area contributed by atoms with Gasteiger partial charge in [-0.3, -0.25) is 4.57 Å². The maximum Gasteiger partial charge on any atom is 0.209 e. The van der Waals surface area contributed by atoms with Gasteiger partial charge in [0.1, 0.15) is 25.0 Å². The van der Waals surface area contributed by atoms with Gasteiger partial charge in [0.15, 0.2) is 17.0 Å². The standard InChI is InChI=1S/C16H20N6O3/c23-10-20-16-21-13-14(17-8-11-4-3-7-24-11)18-9-19-15(13)22(16)12-5-1-2-6-25-12/h3-4,7,9,12,23H,1-2,5-6,8,10H2,(H,20,21)(H,17,18,19). The van der Waals surface area contributed by atoms with Gasteiger partial charge in [-0.15, -0.1) is 0 Å². The van der Waals surface area contributed by atoms with Gasteiger partial charge in [0, 0.05) is 6.61 Å². The number of nitrogens with zero attached hydrogens (tertiary/aromatic N) is 4. The SMILES string of the molecule is OCNc1nc2c(NCc3ccco3)ncnc2n1C1CCCCO1. The number of furan rings is 1. The van der Waals surface area contributed by atoms with E-state index in [1.807, 2.05) is 16.7 Å². The van der Waals surface area contributed by atoms with Crippen molar-refractivity contribution in [2.75, 3.05) is 24.0 Å². The van der Waals surface area contributed by atoms with Crippen molar-refractivity contribution in [1.82, 2.24) is 19.5 Å². The molecule has 0 saturated carbocycles. The average molecular weight is 344 g/mol. The monoisotopic (exact) mass is 344 g/mol. The number of hydrogen-bond donors (Lipinski definition) is 3. The van der Waals surface area contributed by atoms with E-state index in [9.17, 15) is 5.11 Å². The van der Waals surface area contributed by atoms with E-state index in [4.69, 9.17) is 9.15 Å². The quantitative estimate of drug-likeness (QED) is 0.583. The summed E-state index contributed by atoms with van der Waals surface area (Å²) in [5.41, 5.74) is 1.29. The van der Waals surface area contributed by atoms with Crippen LogP contribution in [0.3, 0.4) is 0 Å². The molecule has 4 heterocycles. The first-order valence-electron chi connectivity index (χ1n) is 8.32. The van der Waals surface area contributed by atoms with Crippen LogP contribution < -0.4 is 10.6 Å². The summed E-state index contributed by atoms with van der Waals surface area (Å²) in [7, 11) is 0. The highest BCUT2D eigenvalue weighted by atomic mass is 16.5. The summed E-state index contributed by atoms with van der Waals surface area (Å²) < 4.78 is 13.1. The molecule has 0 bridgehead atoms. The van der Waals surface area contributed by atoms with Crippen molar-refractivity contribution in [2.45, 2.75) is 32.0 Å². The molecule has 3 aromatic rings. The summed E-state index contributed by atoms with van der Waals surface area (Å²) in [6, 6.07) is 3.73. The first-order valence-corrected chi connectivity index (χ1v) is 8.32. The molecular weight excluding hydrogens is 324 g/mol. The van der Waals surface area contributed by atoms with Crippen LogP contribution in [0.1, 0.15) is 31.3 Å². The topological polar surface area (TPSA) is 110 Å². The number of anilines is 2. The number of aliphatic hydroxyl groups excluding tert-OH is 1. The Morgan fingerprint density at radius 3 is 3.00 bits per heavy atom. The number of fused-ring (bicyclic) bond motifs is 1. The number of aliphatic hydroxyl groups is 1. The minimum atomic E-state index is -0.224. The Labute approximate surface area is 144 Å². The number of ether oxygens (including phenoxy) is 1. The van der Waals surface area contributed by atoms with Gasteiger partial charge < -0.3 is 24.9 Å². The minimum Gasteiger partial charge on any atom is -0.467 e. The highest BCUT2D eigenvalue weighted by Crippen LogP contribution is 2.31. The summed E-state index contributed by atoms with van der Waals surface area (Å²) in [6.07, 6.45) is 5.99. The normalized spacial score (nSPS) is 17.7. The fraction of sp³-hybridized carbons (Fsp3) is 0.438. The summed E-state index contributed by atoms with van der Waals surface area (Å²) in [5, 5.41) is 15.4. The second-order valence-corrected chi connectivity index (χ2v) is 5.79. The van der Waals surface area contributed by atoms with Crippen LogP contribution in [0.4, 0.5) is 11.8 Å². The van der Waals surface area contributed by atoms with Crippen LogP contribution in [0.2, 0.25) is 0 Å². The third-order valence-corrected chi connectivity index (χ3v) is 4.17. The maximum atomic E-state index is 9.30. The zero-order valence-electron chi connectivity index (χ0n) is 13.7. The molecule has 0 amide bonds. The highest BCUT2D eigenvalue weighted by molar-refractivity contribution is 5.85. The lowest BCUT2D eigenvalue weighted by molar-refractivity contribution is -0.0286. The molecule has 3 N–H and O–H groups in total. The molecular formula is C16H20N6O3. The Bertz CT molecular complexity index is 826. The van der Waals surface area contributed by atoms with E-state index in [2.05, 4.69) is 25.6 Å². The molecule has 0 aliphatic carbocycles. The molecule has 1 aliphatic heterocycles. The molecule has 1 unspecified atom stereocenters. The molecule has 9 heteroatoms. The Morgan fingerprint density at radius 2 is 2.24 bits per heavy atom. The zero-order valence-corrected chi connectivity index (χ0v) is 13.7. The smallest absolute Gasteiger partial charge is 0.209 e. The van der Waals surface area contributed by atoms with Crippen LogP contribution in [0.15, 0.2) is 29.1 Å². The maximum absolute atomic E-state index is 9.30. The third-order valence-electron chi connectivity index (χ3n) is 4.17. The first-order chi connectivity index (χ1) is 12.4. The largest absolute Gasteiger partial charge is 0.467 e. The van der Waals surface area contributed by atoms with Crippen molar-refractivity contribution in [3.05, 3.63) is 30.5 Å². The summed E-state index contributed by atoms with van der Waals surface area (Å²) in [4.78, 5) is 13.3. The van der Waals surface area contributed by atoms with E-state index in [1.165, 1.54) is 6.33 Å². The van der Waals surface area contributed by atoms with Crippen molar-refractivity contribution in [2.24, 2.45) is 0 Å². The first kappa shape index (κ1) is 15.9. The predicted octanol–water partition coefficient (Wildman–Crippen LogP) is 2.09. The predicted molar refractivity (Wildman–Crippen MR) is 90.9 cm³/mol. The number of hydrogen-bond acceptors (Lipinski definition) is 8. The van der Waals surface area contributed by atoms with Gasteiger partial charge in [-0.2, -0.15) is 0 Å². The molecule has 132 valence electrons. The number of imidazole rings is 1. The lowest BCUT2D eigenvalue weighted by Crippen LogP contribution is -2.20. The lowest BCUT2D eigenvalue weighted by Gasteiger charge is -2.25. The van der Waals surface area contributed by atoms with Crippen LogP contribution in [0, 0.1) is 0 Å². The Kier molecular flexibility index (Phi) is 4.49. The molecule has 0 aromatic carbocycles. The molecule has 1 saturated heterocycles. The van der Waals surface area contributed by atoms with Gasteiger partial charge in [-0.1, -0.05) is 0 Å². The Morgan fingerprint density at radius 1 is 1.28 bits per heavy atom. The van der Waals surface area contributed by atoms with E-state index in [1.54, 1.807) is 6.26 Å². The Balaban J connectivity index is 1.70. The van der Waals surface area contributed by atoms with Gasteiger partial charge in [0.25, 0.3) is 0 Å². The number of rotatable bonds is 6. The molecule has 4 rings (SSSR count). The van der Waals surface area contributed by atoms with Crippen molar-refractivity contribution in [3.8, 4) is 0 Å². The fourth-order valence-electron chi connectivity index (χ4n) is 3.02. The fourth-order valence-corrected chi connectivity index (χ4v) is 3.02. The highest BCUT2D eigenvalue weighted by Gasteiger charge is 2.24. The molecule has 1 atom stereocenters. The van der Waals surface area contributed by atoms with Crippen LogP contribution in [0.25, 0.3) is 11.2 Å². The Hall–Kier alpha value is -2.65. The van der Waals surface area contributed by atoms with Gasteiger partial charge in [0.2, 0.25) is 5.95 Å². The molecule has 1 fully saturated rings. The van der Waals surface area contributed by atoms with Crippen LogP contribution >= 0.6 is 0 Å². The molecule has 0 radical (unpaired) electrons. The van der Waals surface area contributed by atoms with Crippen LogP contribution in [-0.4, -0.2) is 38.0 Å². The number of aromatic nitrogens is 4. The molecule has 1 aliphatic rings. The molecule has 3 aromatic heterocycles. The van der Waals surface area contributed by atoms with E-state index in [0.29, 0.717) is 36.1 Å². The van der Waals surface area contributed by atoms with Crippen LogP contribution in [-0.2, 0) is 11.3 Å². The molecule has 0 spiro atoms. The van der Waals surface area contributed by atoms with Gasteiger partial charge in [0.05, 0.1) is 12.8 Å². The average Bonchev–Trinajstić information content (AvgIpc) is 3.28. The second kappa shape index (κ2) is 7.08. The minimum absolute atomic E-state index is 0.152. The van der Waals surface area contributed by atoms with Crippen molar-refractivity contribution in [1.29, 1.82) is 0 Å². The third kappa shape index (κ3) is 3.15. The van der Waals surface area contributed by atoms with Crippen molar-refractivity contribution < 1.29 is 14.3 Å². The van der Waals surface area contributed by atoms with E-state index >= 15 is 0 Å². The van der Waals surface area contributed by atoms with Crippen molar-refractivity contribution >= 4 is 22.9 Å². The van der Waals surface area contributed by atoms with Gasteiger partial charge in [-0.25, -0.2) is 15.0 Å². The van der Waals surface area contributed by atoms with Gasteiger partial charge >= 0.3 is 0 Å².